The Morgan fingerprint density at radius 2 is 2.06 bits per heavy atom. The summed E-state index contributed by atoms with van der Waals surface area (Å²) in [5.41, 5.74) is 8.97. The van der Waals surface area contributed by atoms with E-state index in [0.717, 1.165) is 12.3 Å². The van der Waals surface area contributed by atoms with Crippen LogP contribution in [0.3, 0.4) is 0 Å². The summed E-state index contributed by atoms with van der Waals surface area (Å²) in [6, 6.07) is 5.67. The monoisotopic (exact) mass is 462 g/mol. The van der Waals surface area contributed by atoms with Crippen LogP contribution in [0.5, 0.6) is 0 Å². The highest BCUT2D eigenvalue weighted by Crippen LogP contribution is 2.35. The second-order valence-corrected chi connectivity index (χ2v) is 7.51. The number of carbonyl (C=O) groups is 1. The predicted octanol–water partition coefficient (Wildman–Crippen LogP) is 3.30. The van der Waals surface area contributed by atoms with Crippen molar-refractivity contribution < 1.29 is 18.0 Å². The number of pyridine rings is 1. The number of hydrogen-bond donors (Lipinski definition) is 6. The van der Waals surface area contributed by atoms with E-state index in [1.54, 1.807) is 24.3 Å². The van der Waals surface area contributed by atoms with Gasteiger partial charge in [0, 0.05) is 24.4 Å². The lowest BCUT2D eigenvalue weighted by molar-refractivity contribution is -0.0654. The van der Waals surface area contributed by atoms with E-state index >= 15 is 0 Å². The molecule has 0 spiro atoms. The van der Waals surface area contributed by atoms with Gasteiger partial charge in [-0.1, -0.05) is 6.07 Å². The second kappa shape index (κ2) is 10.3. The van der Waals surface area contributed by atoms with Crippen LogP contribution >= 0.6 is 0 Å². The van der Waals surface area contributed by atoms with Crippen molar-refractivity contribution in [1.29, 1.82) is 5.41 Å². The molecule has 3 rings (SSSR count). The molecule has 0 saturated heterocycles. The topological polar surface area (TPSA) is 140 Å². The third-order valence-electron chi connectivity index (χ3n) is 5.23. The molecule has 7 N–H and O–H groups in total. The van der Waals surface area contributed by atoms with Gasteiger partial charge in [0.05, 0.1) is 23.5 Å². The molecule has 1 heterocycles. The van der Waals surface area contributed by atoms with E-state index in [1.807, 2.05) is 0 Å². The average molecular weight is 462 g/mol. The zero-order chi connectivity index (χ0) is 24.0. The summed E-state index contributed by atoms with van der Waals surface area (Å²) in [4.78, 5) is 16.0. The quantitative estimate of drug-likeness (QED) is 0.250. The number of anilines is 4. The average Bonchev–Trinajstić information content (AvgIpc) is 2.76. The summed E-state index contributed by atoms with van der Waals surface area (Å²) in [6.07, 6.45) is 2.67. The summed E-state index contributed by atoms with van der Waals surface area (Å²) >= 11 is 0. The highest BCUT2D eigenvalue weighted by molar-refractivity contribution is 6.14. The van der Waals surface area contributed by atoms with Crippen molar-refractivity contribution >= 4 is 41.3 Å². The Morgan fingerprint density at radius 3 is 2.76 bits per heavy atom. The number of nitrogens with zero attached hydrogens (tertiary/aromatic N) is 2. The number of hydrazone groups is 1. The Kier molecular flexibility index (Phi) is 7.48. The van der Waals surface area contributed by atoms with Gasteiger partial charge in [0.2, 0.25) is 0 Å². The first kappa shape index (κ1) is 24.0. The summed E-state index contributed by atoms with van der Waals surface area (Å²) < 4.78 is 43.3. The van der Waals surface area contributed by atoms with Crippen molar-refractivity contribution in [2.75, 3.05) is 23.1 Å². The lowest BCUT2D eigenvalue weighted by Gasteiger charge is -2.38. The predicted molar refractivity (Wildman–Crippen MR) is 122 cm³/mol. The van der Waals surface area contributed by atoms with E-state index < -0.39 is 29.7 Å². The van der Waals surface area contributed by atoms with E-state index in [1.165, 1.54) is 13.3 Å². The Hall–Kier alpha value is -3.67. The standard InChI is InChI=1S/C21H25F3N8O/c1-27-17-16(6-3-7-21(17,23)24)30-20-15(22)11-14(18(26)33)19(31-20)29-12-4-2-5-13(10-12)32-28-9-8-25/h2,4-5,8-11,16-17,25,27,32H,3,6-7H2,1H3,(H2,26,33)(H2,29,30,31)/b25-8?,28-9-/t16-,17?/m1/s1. The highest BCUT2D eigenvalue weighted by Gasteiger charge is 2.46. The summed E-state index contributed by atoms with van der Waals surface area (Å²) in [5, 5.41) is 19.0. The molecule has 176 valence electrons. The van der Waals surface area contributed by atoms with Gasteiger partial charge in [-0.2, -0.15) is 5.10 Å². The minimum absolute atomic E-state index is 0.0323. The van der Waals surface area contributed by atoms with Gasteiger partial charge in [0.15, 0.2) is 11.6 Å². The Morgan fingerprint density at radius 1 is 1.30 bits per heavy atom. The van der Waals surface area contributed by atoms with Crippen LogP contribution in [-0.2, 0) is 0 Å². The summed E-state index contributed by atoms with van der Waals surface area (Å²) in [5.74, 6) is -5.04. The van der Waals surface area contributed by atoms with Crippen LogP contribution in [0, 0.1) is 11.2 Å². The molecule has 9 nitrogen and oxygen atoms in total. The van der Waals surface area contributed by atoms with Crippen molar-refractivity contribution in [1.82, 2.24) is 10.3 Å². The van der Waals surface area contributed by atoms with Crippen molar-refractivity contribution in [2.45, 2.75) is 37.3 Å². The summed E-state index contributed by atoms with van der Waals surface area (Å²) in [7, 11) is 1.43. The molecular weight excluding hydrogens is 437 g/mol. The number of likely N-dealkylation sites (N-methyl/N-ethyl adjacent to an activating group) is 1. The maximum Gasteiger partial charge on any atom is 0.265 e. The normalized spacial score (nSPS) is 19.8. The third-order valence-corrected chi connectivity index (χ3v) is 5.23. The molecule has 1 amide bonds. The number of halogens is 3. The number of rotatable bonds is 9. The number of primary amides is 1. The van der Waals surface area contributed by atoms with Crippen molar-refractivity contribution in [2.24, 2.45) is 10.8 Å². The number of nitrogens with two attached hydrogens (primary N) is 1. The number of benzene rings is 1. The molecule has 1 saturated carbocycles. The van der Waals surface area contributed by atoms with E-state index in [4.69, 9.17) is 11.1 Å². The van der Waals surface area contributed by atoms with Crippen LogP contribution < -0.4 is 27.1 Å². The minimum Gasteiger partial charge on any atom is -0.365 e. The number of nitrogens with one attached hydrogen (secondary N) is 5. The first-order chi connectivity index (χ1) is 15.7. The SMILES string of the molecule is CNC1[C@H](Nc2nc(Nc3cccc(N/N=C\C=N)c3)c(C(N)=O)cc2F)CCCC1(F)F. The summed E-state index contributed by atoms with van der Waals surface area (Å²) in [6.45, 7) is 0. The first-order valence-corrected chi connectivity index (χ1v) is 10.2. The van der Waals surface area contributed by atoms with Crippen LogP contribution in [0.25, 0.3) is 0 Å². The van der Waals surface area contributed by atoms with E-state index in [-0.39, 0.29) is 30.0 Å². The van der Waals surface area contributed by atoms with Crippen molar-refractivity contribution in [3.8, 4) is 0 Å². The number of hydrogen-bond acceptors (Lipinski definition) is 8. The van der Waals surface area contributed by atoms with E-state index in [2.05, 4.69) is 31.5 Å². The van der Waals surface area contributed by atoms with Crippen molar-refractivity contribution in [3.63, 3.8) is 0 Å². The molecule has 1 unspecified atom stereocenters. The fourth-order valence-corrected chi connectivity index (χ4v) is 3.74. The first-order valence-electron chi connectivity index (χ1n) is 10.2. The number of aromatic nitrogens is 1. The van der Waals surface area contributed by atoms with Gasteiger partial charge >= 0.3 is 0 Å². The third kappa shape index (κ3) is 5.77. The Balaban J connectivity index is 1.90. The number of carbonyl (C=O) groups excluding carboxylic acids is 1. The minimum atomic E-state index is -2.96. The van der Waals surface area contributed by atoms with Gasteiger partial charge < -0.3 is 27.1 Å². The maximum absolute atomic E-state index is 14.7. The molecular formula is C21H25F3N8O. The fourth-order valence-electron chi connectivity index (χ4n) is 3.74. The Labute approximate surface area is 188 Å². The fraction of sp³-hybridized carbons (Fsp3) is 0.333. The lowest BCUT2D eigenvalue weighted by atomic mass is 9.87. The molecule has 0 aliphatic heterocycles. The molecule has 33 heavy (non-hydrogen) atoms. The molecule has 2 atom stereocenters. The maximum atomic E-state index is 14.7. The van der Waals surface area contributed by atoms with Crippen LogP contribution in [0.15, 0.2) is 35.4 Å². The van der Waals surface area contributed by atoms with Gasteiger partial charge in [-0.3, -0.25) is 10.2 Å². The van der Waals surface area contributed by atoms with Gasteiger partial charge in [0.1, 0.15) is 5.82 Å². The van der Waals surface area contributed by atoms with Crippen LogP contribution in [0.4, 0.5) is 36.2 Å². The molecule has 0 bridgehead atoms. The Bertz CT molecular complexity index is 1050. The van der Waals surface area contributed by atoms with Gasteiger partial charge in [-0.15, -0.1) is 0 Å². The van der Waals surface area contributed by atoms with Gasteiger partial charge in [-0.25, -0.2) is 18.2 Å². The molecule has 2 aromatic rings. The zero-order valence-corrected chi connectivity index (χ0v) is 17.8. The molecule has 1 aromatic heterocycles. The van der Waals surface area contributed by atoms with Crippen LogP contribution in [0.1, 0.15) is 29.6 Å². The van der Waals surface area contributed by atoms with Gasteiger partial charge in [-0.05, 0) is 44.2 Å². The van der Waals surface area contributed by atoms with Crippen LogP contribution in [-0.4, -0.2) is 48.4 Å². The number of amides is 1. The van der Waals surface area contributed by atoms with Gasteiger partial charge in [0.25, 0.3) is 11.8 Å². The second-order valence-electron chi connectivity index (χ2n) is 7.51. The smallest absolute Gasteiger partial charge is 0.265 e. The van der Waals surface area contributed by atoms with Crippen molar-refractivity contribution in [3.05, 3.63) is 41.7 Å². The molecule has 1 aliphatic carbocycles. The largest absolute Gasteiger partial charge is 0.365 e. The van der Waals surface area contributed by atoms with Crippen LogP contribution in [0.2, 0.25) is 0 Å². The molecule has 1 aliphatic rings. The molecule has 1 aromatic carbocycles. The highest BCUT2D eigenvalue weighted by atomic mass is 19.3. The van der Waals surface area contributed by atoms with E-state index in [9.17, 15) is 18.0 Å². The lowest BCUT2D eigenvalue weighted by Crippen LogP contribution is -2.56. The molecule has 1 fully saturated rings. The zero-order valence-electron chi connectivity index (χ0n) is 17.8. The molecule has 0 radical (unpaired) electrons. The molecule has 12 heteroatoms. The number of alkyl halides is 2. The van der Waals surface area contributed by atoms with E-state index in [0.29, 0.717) is 17.8 Å².